The monoisotopic (exact) mass is 170 g/mol. The van der Waals surface area contributed by atoms with Crippen molar-refractivity contribution in [3.63, 3.8) is 0 Å². The molecule has 1 atom stereocenters. The lowest BCUT2D eigenvalue weighted by Crippen LogP contribution is -2.05. The molecule has 1 rings (SSSR count). The molecule has 0 bridgehead atoms. The Morgan fingerprint density at radius 3 is 3.17 bits per heavy atom. The predicted octanol–water partition coefficient (Wildman–Crippen LogP) is 1.32. The number of hydrogen-bond donors (Lipinski definition) is 1. The van der Waals surface area contributed by atoms with E-state index in [0.717, 1.165) is 38.3 Å². The van der Waals surface area contributed by atoms with Crippen LogP contribution in [0.1, 0.15) is 32.6 Å². The molecule has 1 heterocycles. The van der Waals surface area contributed by atoms with Gasteiger partial charge in [-0.2, -0.15) is 0 Å². The molecule has 70 valence electrons. The van der Waals surface area contributed by atoms with Gasteiger partial charge in [0.1, 0.15) is 6.61 Å². The van der Waals surface area contributed by atoms with Gasteiger partial charge < -0.3 is 10.5 Å². The van der Waals surface area contributed by atoms with Crippen LogP contribution in [0.25, 0.3) is 0 Å². The normalized spacial score (nSPS) is 22.2. The number of nitrogens with two attached hydrogens (primary N) is 1. The average molecular weight is 170 g/mol. The molecule has 0 saturated carbocycles. The smallest absolute Gasteiger partial charge is 0.183 e. The number of hydrogen-bond acceptors (Lipinski definition) is 3. The molecule has 3 heteroatoms. The van der Waals surface area contributed by atoms with Gasteiger partial charge in [0.2, 0.25) is 0 Å². The predicted molar refractivity (Wildman–Crippen MR) is 50.4 cm³/mol. The molecule has 1 aliphatic rings. The van der Waals surface area contributed by atoms with Crippen LogP contribution < -0.4 is 5.73 Å². The fraction of sp³-hybridized carbons (Fsp3) is 0.889. The Balaban J connectivity index is 2.22. The Morgan fingerprint density at radius 2 is 2.50 bits per heavy atom. The molecule has 0 aromatic rings. The summed E-state index contributed by atoms with van der Waals surface area (Å²) in [5.74, 6) is 0.916. The quantitative estimate of drug-likeness (QED) is 0.676. The summed E-state index contributed by atoms with van der Waals surface area (Å²) in [5.41, 5.74) is 5.39. The summed E-state index contributed by atoms with van der Waals surface area (Å²) >= 11 is 0. The minimum absolute atomic E-state index is 0.419. The van der Waals surface area contributed by atoms with Crippen LogP contribution in [-0.2, 0) is 4.74 Å². The van der Waals surface area contributed by atoms with Gasteiger partial charge in [0.15, 0.2) is 5.90 Å². The highest BCUT2D eigenvalue weighted by Crippen LogP contribution is 2.12. The molecule has 0 aromatic carbocycles. The molecule has 2 N–H and O–H groups in total. The molecule has 0 saturated heterocycles. The van der Waals surface area contributed by atoms with Gasteiger partial charge >= 0.3 is 0 Å². The van der Waals surface area contributed by atoms with Gasteiger partial charge in [0.25, 0.3) is 0 Å². The van der Waals surface area contributed by atoms with E-state index in [1.807, 2.05) is 0 Å². The summed E-state index contributed by atoms with van der Waals surface area (Å²) in [5, 5.41) is 0. The van der Waals surface area contributed by atoms with Crippen molar-refractivity contribution in [3.05, 3.63) is 0 Å². The van der Waals surface area contributed by atoms with E-state index in [1.54, 1.807) is 0 Å². The molecule has 0 aliphatic carbocycles. The summed E-state index contributed by atoms with van der Waals surface area (Å²) in [4.78, 5) is 4.45. The van der Waals surface area contributed by atoms with Gasteiger partial charge in [0.05, 0.1) is 6.04 Å². The molecule has 1 unspecified atom stereocenters. The zero-order chi connectivity index (χ0) is 8.81. The molecule has 0 aromatic heterocycles. The first-order chi connectivity index (χ1) is 5.86. The molecule has 0 radical (unpaired) electrons. The summed E-state index contributed by atoms with van der Waals surface area (Å²) < 4.78 is 5.41. The molecule has 0 spiro atoms. The van der Waals surface area contributed by atoms with E-state index in [9.17, 15) is 0 Å². The zero-order valence-electron chi connectivity index (χ0n) is 7.75. The summed E-state index contributed by atoms with van der Waals surface area (Å²) in [6.45, 7) is 3.68. The van der Waals surface area contributed by atoms with Crippen molar-refractivity contribution >= 4 is 5.90 Å². The van der Waals surface area contributed by atoms with Gasteiger partial charge in [0, 0.05) is 6.42 Å². The van der Waals surface area contributed by atoms with Crippen molar-refractivity contribution < 1.29 is 4.74 Å². The van der Waals surface area contributed by atoms with E-state index in [0.29, 0.717) is 6.04 Å². The number of rotatable bonds is 5. The highest BCUT2D eigenvalue weighted by molar-refractivity contribution is 5.77. The average Bonchev–Trinajstić information content (AvgIpc) is 2.50. The van der Waals surface area contributed by atoms with Crippen molar-refractivity contribution in [3.8, 4) is 0 Å². The summed E-state index contributed by atoms with van der Waals surface area (Å²) in [6.07, 6.45) is 4.22. The maximum atomic E-state index is 5.41. The largest absolute Gasteiger partial charge is 0.479 e. The van der Waals surface area contributed by atoms with Crippen LogP contribution in [0.5, 0.6) is 0 Å². The molecular weight excluding hydrogens is 152 g/mol. The highest BCUT2D eigenvalue weighted by Gasteiger charge is 2.16. The Morgan fingerprint density at radius 1 is 1.67 bits per heavy atom. The van der Waals surface area contributed by atoms with Crippen LogP contribution in [-0.4, -0.2) is 25.1 Å². The van der Waals surface area contributed by atoms with Gasteiger partial charge in [-0.05, 0) is 19.4 Å². The van der Waals surface area contributed by atoms with Crippen LogP contribution >= 0.6 is 0 Å². The lowest BCUT2D eigenvalue weighted by atomic mass is 10.2. The fourth-order valence-electron chi connectivity index (χ4n) is 1.34. The molecule has 12 heavy (non-hydrogen) atoms. The Hall–Kier alpha value is -0.570. The van der Waals surface area contributed by atoms with Crippen LogP contribution in [0.15, 0.2) is 4.99 Å². The van der Waals surface area contributed by atoms with E-state index in [1.165, 1.54) is 6.42 Å². The molecular formula is C9H18N2O. The third-order valence-corrected chi connectivity index (χ3v) is 1.99. The Kier molecular flexibility index (Phi) is 4.08. The molecule has 0 fully saturated rings. The Labute approximate surface area is 74.0 Å². The number of ether oxygens (including phenoxy) is 1. The topological polar surface area (TPSA) is 47.6 Å². The fourth-order valence-corrected chi connectivity index (χ4v) is 1.34. The van der Waals surface area contributed by atoms with E-state index < -0.39 is 0 Å². The maximum absolute atomic E-state index is 5.41. The highest BCUT2D eigenvalue weighted by atomic mass is 16.5. The second-order valence-electron chi connectivity index (χ2n) is 3.17. The minimum Gasteiger partial charge on any atom is -0.479 e. The minimum atomic E-state index is 0.419. The zero-order valence-corrected chi connectivity index (χ0v) is 7.75. The van der Waals surface area contributed by atoms with E-state index in [-0.39, 0.29) is 0 Å². The van der Waals surface area contributed by atoms with E-state index >= 15 is 0 Å². The first-order valence-electron chi connectivity index (χ1n) is 4.76. The first-order valence-corrected chi connectivity index (χ1v) is 4.76. The van der Waals surface area contributed by atoms with Crippen LogP contribution in [0.4, 0.5) is 0 Å². The van der Waals surface area contributed by atoms with Crippen LogP contribution in [0.2, 0.25) is 0 Å². The summed E-state index contributed by atoms with van der Waals surface area (Å²) in [6, 6.07) is 0.419. The van der Waals surface area contributed by atoms with Gasteiger partial charge in [-0.25, -0.2) is 4.99 Å². The van der Waals surface area contributed by atoms with Crippen LogP contribution in [0.3, 0.4) is 0 Å². The van der Waals surface area contributed by atoms with E-state index in [2.05, 4.69) is 11.9 Å². The lowest BCUT2D eigenvalue weighted by molar-refractivity contribution is 0.303. The SMILES string of the molecule is CCCC1COC(CCCN)=N1. The van der Waals surface area contributed by atoms with Crippen molar-refractivity contribution in [1.29, 1.82) is 0 Å². The molecule has 3 nitrogen and oxygen atoms in total. The van der Waals surface area contributed by atoms with Gasteiger partial charge in [-0.3, -0.25) is 0 Å². The molecule has 1 aliphatic heterocycles. The Bertz CT molecular complexity index is 157. The van der Waals surface area contributed by atoms with Crippen molar-refractivity contribution in [2.75, 3.05) is 13.2 Å². The first kappa shape index (κ1) is 9.52. The summed E-state index contributed by atoms with van der Waals surface area (Å²) in [7, 11) is 0. The van der Waals surface area contributed by atoms with E-state index in [4.69, 9.17) is 10.5 Å². The van der Waals surface area contributed by atoms with Crippen LogP contribution in [0, 0.1) is 0 Å². The number of aliphatic imine (C=N–C) groups is 1. The third-order valence-electron chi connectivity index (χ3n) is 1.99. The maximum Gasteiger partial charge on any atom is 0.183 e. The number of nitrogens with zero attached hydrogens (tertiary/aromatic N) is 1. The van der Waals surface area contributed by atoms with Gasteiger partial charge in [-0.15, -0.1) is 0 Å². The lowest BCUT2D eigenvalue weighted by Gasteiger charge is -1.99. The van der Waals surface area contributed by atoms with Gasteiger partial charge in [-0.1, -0.05) is 13.3 Å². The molecule has 0 amide bonds. The second kappa shape index (κ2) is 5.14. The van der Waals surface area contributed by atoms with Crippen molar-refractivity contribution in [1.82, 2.24) is 0 Å². The second-order valence-corrected chi connectivity index (χ2v) is 3.17. The van der Waals surface area contributed by atoms with Crippen molar-refractivity contribution in [2.45, 2.75) is 38.6 Å². The standard InChI is InChI=1S/C9H18N2O/c1-2-4-8-7-12-9(11-8)5-3-6-10/h8H,2-7,10H2,1H3. The third kappa shape index (κ3) is 2.81. The van der Waals surface area contributed by atoms with Crippen molar-refractivity contribution in [2.24, 2.45) is 10.7 Å².